The van der Waals surface area contributed by atoms with Crippen LogP contribution in [-0.2, 0) is 11.2 Å². The molecule has 0 saturated carbocycles. The maximum Gasteiger partial charge on any atom is 0.111 e. The quantitative estimate of drug-likeness (QED) is 0.363. The summed E-state index contributed by atoms with van der Waals surface area (Å²) >= 11 is 0. The number of rotatable bonds is 10. The Morgan fingerprint density at radius 2 is 1.64 bits per heavy atom. The Kier molecular flexibility index (Phi) is 8.26. The lowest BCUT2D eigenvalue weighted by atomic mass is 9.95. The highest BCUT2D eigenvalue weighted by Gasteiger charge is 2.35. The van der Waals surface area contributed by atoms with Crippen molar-refractivity contribution in [3.8, 4) is 0 Å². The van der Waals surface area contributed by atoms with Crippen molar-refractivity contribution in [2.24, 2.45) is 0 Å². The maximum atomic E-state index is 10.2. The molecule has 1 aromatic carbocycles. The van der Waals surface area contributed by atoms with E-state index in [1.807, 2.05) is 30.3 Å². The third kappa shape index (κ3) is 5.49. The highest BCUT2D eigenvalue weighted by molar-refractivity contribution is 5.16. The van der Waals surface area contributed by atoms with E-state index < -0.39 is 37.1 Å². The lowest BCUT2D eigenvalue weighted by Crippen LogP contribution is -2.51. The van der Waals surface area contributed by atoms with Crippen LogP contribution in [0.1, 0.15) is 5.56 Å². The maximum absolute atomic E-state index is 10.2. The smallest absolute Gasteiger partial charge is 0.111 e. The van der Waals surface area contributed by atoms with Gasteiger partial charge in [0, 0.05) is 6.42 Å². The summed E-state index contributed by atoms with van der Waals surface area (Å²) in [6, 6.07) is 9.24. The minimum atomic E-state index is -1.68. The molecule has 124 valence electrons. The van der Waals surface area contributed by atoms with Crippen molar-refractivity contribution in [2.75, 3.05) is 13.2 Å². The Hall–Kier alpha value is -1.28. The minimum absolute atomic E-state index is 0.167. The lowest BCUT2D eigenvalue weighted by molar-refractivity contribution is -0.148. The van der Waals surface area contributed by atoms with Gasteiger partial charge in [0.05, 0.1) is 19.3 Å². The molecule has 1 aromatic rings. The summed E-state index contributed by atoms with van der Waals surface area (Å²) in [4.78, 5) is 0. The molecule has 6 heteroatoms. The zero-order chi connectivity index (χ0) is 16.5. The van der Waals surface area contributed by atoms with Crippen LogP contribution in [-0.4, -0.2) is 69.3 Å². The summed E-state index contributed by atoms with van der Waals surface area (Å²) in [6.07, 6.45) is -5.27. The first-order chi connectivity index (χ1) is 10.5. The summed E-state index contributed by atoms with van der Waals surface area (Å²) in [5.41, 5.74) is 0.889. The Balaban J connectivity index is 2.78. The van der Waals surface area contributed by atoms with Gasteiger partial charge in [0.1, 0.15) is 24.4 Å². The Morgan fingerprint density at radius 1 is 1.00 bits per heavy atom. The van der Waals surface area contributed by atoms with E-state index in [0.717, 1.165) is 5.56 Å². The second-order valence-electron chi connectivity index (χ2n) is 5.07. The van der Waals surface area contributed by atoms with E-state index >= 15 is 0 Å². The molecule has 5 N–H and O–H groups in total. The van der Waals surface area contributed by atoms with Crippen molar-refractivity contribution >= 4 is 0 Å². The van der Waals surface area contributed by atoms with Gasteiger partial charge in [-0.3, -0.25) is 0 Å². The summed E-state index contributed by atoms with van der Waals surface area (Å²) in [7, 11) is 0. The van der Waals surface area contributed by atoms with Gasteiger partial charge in [-0.1, -0.05) is 36.4 Å². The molecule has 0 aromatic heterocycles. The molecule has 0 spiro atoms. The molecule has 0 radical (unpaired) electrons. The minimum Gasteiger partial charge on any atom is -0.394 e. The van der Waals surface area contributed by atoms with Gasteiger partial charge in [-0.2, -0.15) is 0 Å². The van der Waals surface area contributed by atoms with Gasteiger partial charge < -0.3 is 30.3 Å². The van der Waals surface area contributed by atoms with Crippen LogP contribution >= 0.6 is 0 Å². The lowest BCUT2D eigenvalue weighted by Gasteiger charge is -2.31. The standard InChI is InChI=1S/C16H24O6/c1-2-8-22-13(9-11-6-4-3-5-7-11)15(20)16(21)14(19)12(18)10-17/h2-7,12-21H,1,8-10H2. The van der Waals surface area contributed by atoms with Crippen molar-refractivity contribution in [3.63, 3.8) is 0 Å². The van der Waals surface area contributed by atoms with Gasteiger partial charge >= 0.3 is 0 Å². The molecule has 1 rings (SSSR count). The van der Waals surface area contributed by atoms with Gasteiger partial charge in [0.15, 0.2) is 0 Å². The third-order valence-corrected chi connectivity index (χ3v) is 3.37. The molecule has 0 amide bonds. The van der Waals surface area contributed by atoms with E-state index in [-0.39, 0.29) is 6.61 Å². The predicted octanol–water partition coefficient (Wildman–Crippen LogP) is -0.764. The Bertz CT molecular complexity index is 424. The molecule has 0 aliphatic heterocycles. The number of hydrogen-bond acceptors (Lipinski definition) is 6. The van der Waals surface area contributed by atoms with Crippen LogP contribution in [0, 0.1) is 0 Å². The third-order valence-electron chi connectivity index (χ3n) is 3.37. The SMILES string of the molecule is C=CCOC(Cc1ccccc1)C(O)C(O)C(O)C(O)CO. The highest BCUT2D eigenvalue weighted by Crippen LogP contribution is 2.15. The van der Waals surface area contributed by atoms with E-state index in [2.05, 4.69) is 6.58 Å². The first-order valence-electron chi connectivity index (χ1n) is 7.10. The van der Waals surface area contributed by atoms with Gasteiger partial charge in [-0.05, 0) is 5.56 Å². The van der Waals surface area contributed by atoms with Crippen molar-refractivity contribution in [1.29, 1.82) is 0 Å². The number of aliphatic hydroxyl groups is 5. The van der Waals surface area contributed by atoms with E-state index in [1.165, 1.54) is 6.08 Å². The second-order valence-corrected chi connectivity index (χ2v) is 5.07. The predicted molar refractivity (Wildman–Crippen MR) is 81.2 cm³/mol. The fourth-order valence-electron chi connectivity index (χ4n) is 2.07. The summed E-state index contributed by atoms with van der Waals surface area (Å²) in [5.74, 6) is 0. The average Bonchev–Trinajstić information content (AvgIpc) is 2.56. The fourth-order valence-corrected chi connectivity index (χ4v) is 2.07. The number of aliphatic hydroxyl groups excluding tert-OH is 5. The molecule has 0 saturated heterocycles. The van der Waals surface area contributed by atoms with Crippen molar-refractivity contribution in [3.05, 3.63) is 48.6 Å². The highest BCUT2D eigenvalue weighted by atomic mass is 16.5. The van der Waals surface area contributed by atoms with E-state index in [9.17, 15) is 20.4 Å². The molecule has 0 bridgehead atoms. The molecule has 0 heterocycles. The van der Waals surface area contributed by atoms with E-state index in [1.54, 1.807) is 0 Å². The molecule has 22 heavy (non-hydrogen) atoms. The van der Waals surface area contributed by atoms with Crippen LogP contribution in [0.25, 0.3) is 0 Å². The van der Waals surface area contributed by atoms with Gasteiger partial charge in [-0.25, -0.2) is 0 Å². The molecule has 5 atom stereocenters. The van der Waals surface area contributed by atoms with Crippen molar-refractivity contribution in [2.45, 2.75) is 36.9 Å². The molecular weight excluding hydrogens is 288 g/mol. The summed E-state index contributed by atoms with van der Waals surface area (Å²) in [6.45, 7) is 2.98. The van der Waals surface area contributed by atoms with Crippen LogP contribution in [0.2, 0.25) is 0 Å². The van der Waals surface area contributed by atoms with E-state index in [0.29, 0.717) is 6.42 Å². The first-order valence-corrected chi connectivity index (χ1v) is 7.10. The summed E-state index contributed by atoms with van der Waals surface area (Å²) < 4.78 is 5.46. The molecule has 6 nitrogen and oxygen atoms in total. The number of ether oxygens (including phenoxy) is 1. The molecular formula is C16H24O6. The zero-order valence-electron chi connectivity index (χ0n) is 12.3. The van der Waals surface area contributed by atoms with E-state index in [4.69, 9.17) is 9.84 Å². The largest absolute Gasteiger partial charge is 0.394 e. The van der Waals surface area contributed by atoms with Crippen LogP contribution in [0.4, 0.5) is 0 Å². The summed E-state index contributed by atoms with van der Waals surface area (Å²) in [5, 5.41) is 48.0. The average molecular weight is 312 g/mol. The normalized spacial score (nSPS) is 18.2. The first kappa shape index (κ1) is 18.8. The molecule has 0 aliphatic rings. The Morgan fingerprint density at radius 3 is 2.18 bits per heavy atom. The van der Waals surface area contributed by atoms with Gasteiger partial charge in [-0.15, -0.1) is 6.58 Å². The van der Waals surface area contributed by atoms with Gasteiger partial charge in [0.25, 0.3) is 0 Å². The topological polar surface area (TPSA) is 110 Å². The van der Waals surface area contributed by atoms with Crippen LogP contribution in [0.15, 0.2) is 43.0 Å². The molecule has 0 aliphatic carbocycles. The monoisotopic (exact) mass is 312 g/mol. The van der Waals surface area contributed by atoms with Crippen molar-refractivity contribution in [1.82, 2.24) is 0 Å². The molecule has 5 unspecified atom stereocenters. The van der Waals surface area contributed by atoms with Gasteiger partial charge in [0.2, 0.25) is 0 Å². The van der Waals surface area contributed by atoms with Crippen LogP contribution in [0.5, 0.6) is 0 Å². The number of hydrogen-bond donors (Lipinski definition) is 5. The fraction of sp³-hybridized carbons (Fsp3) is 0.500. The van der Waals surface area contributed by atoms with Crippen LogP contribution < -0.4 is 0 Å². The second kappa shape index (κ2) is 9.68. The van der Waals surface area contributed by atoms with Crippen molar-refractivity contribution < 1.29 is 30.3 Å². The zero-order valence-corrected chi connectivity index (χ0v) is 12.3. The Labute approximate surface area is 129 Å². The molecule has 0 fully saturated rings. The number of benzene rings is 1. The van der Waals surface area contributed by atoms with Crippen LogP contribution in [0.3, 0.4) is 0 Å².